The van der Waals surface area contributed by atoms with Gasteiger partial charge in [0.15, 0.2) is 11.9 Å². The van der Waals surface area contributed by atoms with Crippen molar-refractivity contribution in [2.24, 2.45) is 0 Å². The van der Waals surface area contributed by atoms with E-state index in [-0.39, 0.29) is 18.1 Å². The lowest BCUT2D eigenvalue weighted by molar-refractivity contribution is -0.150. The smallest absolute Gasteiger partial charge is 0.445 e. The Bertz CT molecular complexity index is 1770. The first-order valence-corrected chi connectivity index (χ1v) is 17.4. The molecule has 15 heteroatoms. The van der Waals surface area contributed by atoms with Gasteiger partial charge < -0.3 is 29.0 Å². The van der Waals surface area contributed by atoms with Crippen molar-refractivity contribution < 1.29 is 46.0 Å². The lowest BCUT2D eigenvalue weighted by Gasteiger charge is -2.48. The molecule has 2 heterocycles. The zero-order chi connectivity index (χ0) is 34.3. The molecule has 2 unspecified atom stereocenters. The summed E-state index contributed by atoms with van der Waals surface area (Å²) < 4.78 is 45.5. The molecule has 2 aliphatic rings. The van der Waals surface area contributed by atoms with Gasteiger partial charge in [-0.15, -0.1) is 11.8 Å². The molecular formula is C33H31N3O10S2. The number of nitrogens with zero attached hydrogens (tertiary/aromatic N) is 1. The molecule has 3 aromatic rings. The molecule has 2 aliphatic heterocycles. The van der Waals surface area contributed by atoms with Crippen LogP contribution in [0.3, 0.4) is 0 Å². The fourth-order valence-electron chi connectivity index (χ4n) is 4.95. The first-order valence-electron chi connectivity index (χ1n) is 14.5. The predicted molar refractivity (Wildman–Crippen MR) is 174 cm³/mol. The quantitative estimate of drug-likeness (QED) is 0.121. The molecule has 2 N–H and O–H groups in total. The van der Waals surface area contributed by atoms with Crippen LogP contribution in [0.1, 0.15) is 28.8 Å². The summed E-state index contributed by atoms with van der Waals surface area (Å²) >= 11 is 1.07. The predicted octanol–water partition coefficient (Wildman–Crippen LogP) is 4.13. The van der Waals surface area contributed by atoms with Crippen LogP contribution in [0.15, 0.2) is 115 Å². The van der Waals surface area contributed by atoms with Crippen molar-refractivity contribution in [1.29, 1.82) is 0 Å². The standard InChI is InChI=1S/C33H31N3O10S2/c1-3-19-43-32(39)35-25(21-13-7-4-8-14-21)28(37)34-26-29(38)36-30(24(20-47-31(26)36)46-48(2,41)42)45-33(40)44-27(22-15-9-5-10-16-22)23-17-11-6-12-18-23/h3-18,25-27,31H,1,19-20H2,2H3,(H,34,37)(H,35,39)/t25?,26?,31-/m0/s1. The van der Waals surface area contributed by atoms with E-state index in [0.717, 1.165) is 22.9 Å². The SMILES string of the molecule is C=CCOC(=O)NC(C(=O)NC1C(=O)N2C(OC(=O)OC(c3ccccc3)c3ccccc3)=C(OS(C)(=O)=O)CS[C@@H]12)c1ccccc1. The van der Waals surface area contributed by atoms with E-state index in [1.807, 2.05) is 0 Å². The molecule has 0 radical (unpaired) electrons. The number of carbonyl (C=O) groups excluding carboxylic acids is 4. The Kier molecular flexibility index (Phi) is 10.7. The minimum atomic E-state index is -4.10. The van der Waals surface area contributed by atoms with Gasteiger partial charge in [0.1, 0.15) is 24.1 Å². The highest BCUT2D eigenvalue weighted by Gasteiger charge is 2.55. The third kappa shape index (κ3) is 8.16. The number of thioether (sulfide) groups is 1. The third-order valence-corrected chi connectivity index (χ3v) is 8.78. The third-order valence-electron chi connectivity index (χ3n) is 7.02. The maximum atomic E-state index is 13.5. The van der Waals surface area contributed by atoms with Crippen molar-refractivity contribution >= 4 is 45.9 Å². The summed E-state index contributed by atoms with van der Waals surface area (Å²) in [7, 11) is -4.10. The summed E-state index contributed by atoms with van der Waals surface area (Å²) in [5, 5.41) is 4.31. The number of ether oxygens (including phenoxy) is 3. The second kappa shape index (κ2) is 15.1. The van der Waals surface area contributed by atoms with E-state index in [1.165, 1.54) is 6.08 Å². The summed E-state index contributed by atoms with van der Waals surface area (Å²) in [6.45, 7) is 3.40. The van der Waals surface area contributed by atoms with Crippen molar-refractivity contribution in [2.75, 3.05) is 18.6 Å². The summed E-state index contributed by atoms with van der Waals surface area (Å²) in [6, 6.07) is 23.7. The fraction of sp³-hybridized carbons (Fsp3) is 0.212. The molecule has 0 aromatic heterocycles. The number of nitrogens with one attached hydrogen (secondary N) is 2. The first-order chi connectivity index (χ1) is 23.1. The molecule has 0 bridgehead atoms. The van der Waals surface area contributed by atoms with Gasteiger partial charge in [-0.3, -0.25) is 14.5 Å². The van der Waals surface area contributed by atoms with Crippen LogP contribution in [0.25, 0.3) is 0 Å². The molecular weight excluding hydrogens is 663 g/mol. The number of benzene rings is 3. The lowest BCUT2D eigenvalue weighted by Crippen LogP contribution is -2.70. The number of hydrogen-bond acceptors (Lipinski definition) is 11. The summed E-state index contributed by atoms with van der Waals surface area (Å²) in [5.41, 5.74) is 1.70. The Hall–Kier alpha value is -5.28. The van der Waals surface area contributed by atoms with Crippen molar-refractivity contribution in [3.05, 3.63) is 132 Å². The van der Waals surface area contributed by atoms with Gasteiger partial charge in [-0.25, -0.2) is 9.59 Å². The number of amides is 3. The number of fused-ring (bicyclic) bond motifs is 1. The molecule has 3 aromatic carbocycles. The van der Waals surface area contributed by atoms with Gasteiger partial charge in [-0.1, -0.05) is 104 Å². The molecule has 0 spiro atoms. The topological polar surface area (TPSA) is 167 Å². The first kappa shape index (κ1) is 34.1. The van der Waals surface area contributed by atoms with Crippen LogP contribution >= 0.6 is 11.8 Å². The zero-order valence-electron chi connectivity index (χ0n) is 25.5. The van der Waals surface area contributed by atoms with Crippen LogP contribution < -0.4 is 10.6 Å². The summed E-state index contributed by atoms with van der Waals surface area (Å²) in [5.74, 6) is -2.35. The van der Waals surface area contributed by atoms with Gasteiger partial charge in [0, 0.05) is 0 Å². The Balaban J connectivity index is 1.36. The van der Waals surface area contributed by atoms with Crippen molar-refractivity contribution in [1.82, 2.24) is 15.5 Å². The monoisotopic (exact) mass is 693 g/mol. The second-order valence-electron chi connectivity index (χ2n) is 10.5. The number of alkyl carbamates (subject to hydrolysis) is 1. The molecule has 1 fully saturated rings. The molecule has 13 nitrogen and oxygen atoms in total. The molecule has 3 atom stereocenters. The van der Waals surface area contributed by atoms with Crippen LogP contribution in [-0.4, -0.2) is 67.4 Å². The highest BCUT2D eigenvalue weighted by Crippen LogP contribution is 2.42. The highest BCUT2D eigenvalue weighted by atomic mass is 32.2. The van der Waals surface area contributed by atoms with Gasteiger partial charge in [0.25, 0.3) is 11.8 Å². The molecule has 3 amide bonds. The van der Waals surface area contributed by atoms with Crippen LogP contribution in [-0.2, 0) is 38.1 Å². The average Bonchev–Trinajstić information content (AvgIpc) is 3.08. The molecule has 5 rings (SSSR count). The zero-order valence-corrected chi connectivity index (χ0v) is 27.1. The Morgan fingerprint density at radius 3 is 2.06 bits per heavy atom. The van der Waals surface area contributed by atoms with Crippen LogP contribution in [0.4, 0.5) is 9.59 Å². The maximum Gasteiger partial charge on any atom is 0.516 e. The number of carbonyl (C=O) groups is 4. The fourth-order valence-corrected chi connectivity index (χ4v) is 6.75. The summed E-state index contributed by atoms with van der Waals surface area (Å²) in [4.78, 5) is 53.6. The van der Waals surface area contributed by atoms with E-state index in [0.29, 0.717) is 16.7 Å². The number of hydrogen-bond donors (Lipinski definition) is 2. The Morgan fingerprint density at radius 2 is 1.52 bits per heavy atom. The normalized spacial score (nSPS) is 17.7. The maximum absolute atomic E-state index is 13.5. The minimum absolute atomic E-state index is 0.0867. The molecule has 250 valence electrons. The number of β-lactam (4-membered cyclic amide) rings is 1. The average molecular weight is 694 g/mol. The Labute approximate surface area is 281 Å². The van der Waals surface area contributed by atoms with Crippen LogP contribution in [0.5, 0.6) is 0 Å². The van der Waals surface area contributed by atoms with Crippen molar-refractivity contribution in [3.63, 3.8) is 0 Å². The van der Waals surface area contributed by atoms with Gasteiger partial charge in [0.05, 0.1) is 12.0 Å². The van der Waals surface area contributed by atoms with Gasteiger partial charge in [-0.05, 0) is 16.7 Å². The van der Waals surface area contributed by atoms with E-state index in [1.54, 1.807) is 91.0 Å². The largest absolute Gasteiger partial charge is 0.516 e. The Morgan fingerprint density at radius 1 is 0.958 bits per heavy atom. The van der Waals surface area contributed by atoms with Crippen molar-refractivity contribution in [3.8, 4) is 0 Å². The minimum Gasteiger partial charge on any atom is -0.445 e. The van der Waals surface area contributed by atoms with E-state index in [9.17, 15) is 27.6 Å². The van der Waals surface area contributed by atoms with Gasteiger partial charge >= 0.3 is 22.4 Å². The van der Waals surface area contributed by atoms with E-state index in [2.05, 4.69) is 17.2 Å². The molecule has 0 saturated carbocycles. The molecule has 0 aliphatic carbocycles. The lowest BCUT2D eigenvalue weighted by atomic mass is 10.0. The van der Waals surface area contributed by atoms with Crippen LogP contribution in [0, 0.1) is 0 Å². The highest BCUT2D eigenvalue weighted by molar-refractivity contribution is 8.00. The van der Waals surface area contributed by atoms with E-state index in [4.69, 9.17) is 18.4 Å². The molecule has 48 heavy (non-hydrogen) atoms. The molecule has 1 saturated heterocycles. The van der Waals surface area contributed by atoms with Gasteiger partial charge in [-0.2, -0.15) is 8.42 Å². The van der Waals surface area contributed by atoms with E-state index >= 15 is 0 Å². The van der Waals surface area contributed by atoms with Crippen molar-refractivity contribution in [2.45, 2.75) is 23.6 Å². The van der Waals surface area contributed by atoms with Gasteiger partial charge in [0.2, 0.25) is 5.91 Å². The van der Waals surface area contributed by atoms with E-state index < -0.39 is 63.6 Å². The summed E-state index contributed by atoms with van der Waals surface area (Å²) in [6.07, 6.45) is -0.821. The second-order valence-corrected chi connectivity index (χ2v) is 13.1. The number of rotatable bonds is 12. The van der Waals surface area contributed by atoms with Crippen LogP contribution in [0.2, 0.25) is 0 Å².